The van der Waals surface area contributed by atoms with Crippen LogP contribution in [0.3, 0.4) is 0 Å². The van der Waals surface area contributed by atoms with Crippen molar-refractivity contribution in [3.8, 4) is 6.07 Å². The van der Waals surface area contributed by atoms with E-state index in [2.05, 4.69) is 11.1 Å². The summed E-state index contributed by atoms with van der Waals surface area (Å²) in [5, 5.41) is 8.97. The summed E-state index contributed by atoms with van der Waals surface area (Å²) in [4.78, 5) is 3.03. The van der Waals surface area contributed by atoms with Gasteiger partial charge in [-0.2, -0.15) is 5.26 Å². The number of H-pyrrole nitrogens is 1. The fourth-order valence-corrected chi connectivity index (χ4v) is 2.51. The van der Waals surface area contributed by atoms with Crippen molar-refractivity contribution in [1.29, 1.82) is 5.26 Å². The number of fused-ring (bicyclic) bond motifs is 1. The Bertz CT molecular complexity index is 867. The minimum atomic E-state index is -3.23. The fourth-order valence-electron chi connectivity index (χ4n) is 1.88. The molecule has 0 bridgehead atoms. The first-order chi connectivity index (χ1) is 9.15. The van der Waals surface area contributed by atoms with E-state index in [0.29, 0.717) is 10.3 Å². The lowest BCUT2D eigenvalue weighted by Crippen LogP contribution is -2.35. The van der Waals surface area contributed by atoms with Crippen LogP contribution in [-0.2, 0) is 16.4 Å². The SMILES string of the molecule is CC(C)(Cn1c(=S)[nH]c2ccc(C#N)cc21)S(C)(=O)=O. The molecule has 1 heterocycles. The number of hydrogen-bond donors (Lipinski definition) is 1. The molecule has 0 amide bonds. The van der Waals surface area contributed by atoms with Crippen molar-refractivity contribution in [2.45, 2.75) is 25.1 Å². The van der Waals surface area contributed by atoms with Gasteiger partial charge in [-0.1, -0.05) is 0 Å². The quantitative estimate of drug-likeness (QED) is 0.883. The van der Waals surface area contributed by atoms with Gasteiger partial charge in [0, 0.05) is 12.8 Å². The van der Waals surface area contributed by atoms with E-state index in [1.807, 2.05) is 0 Å². The number of aromatic nitrogens is 2. The van der Waals surface area contributed by atoms with Gasteiger partial charge >= 0.3 is 0 Å². The van der Waals surface area contributed by atoms with Gasteiger partial charge in [0.15, 0.2) is 14.6 Å². The summed E-state index contributed by atoms with van der Waals surface area (Å²) in [6, 6.07) is 7.24. The smallest absolute Gasteiger partial charge is 0.178 e. The van der Waals surface area contributed by atoms with Crippen LogP contribution in [0.25, 0.3) is 11.0 Å². The van der Waals surface area contributed by atoms with E-state index in [1.54, 1.807) is 36.6 Å². The van der Waals surface area contributed by atoms with E-state index in [9.17, 15) is 8.42 Å². The number of nitriles is 1. The molecule has 0 unspecified atom stereocenters. The lowest BCUT2D eigenvalue weighted by molar-refractivity contribution is 0.506. The summed E-state index contributed by atoms with van der Waals surface area (Å²) < 4.78 is 24.9. The molecule has 7 heteroatoms. The Hall–Kier alpha value is -1.65. The molecule has 0 aliphatic heterocycles. The molecule has 0 atom stereocenters. The minimum absolute atomic E-state index is 0.236. The van der Waals surface area contributed by atoms with E-state index in [1.165, 1.54) is 6.26 Å². The molecule has 0 saturated heterocycles. The maximum absolute atomic E-state index is 11.8. The molecule has 2 rings (SSSR count). The molecular formula is C13H15N3O2S2. The second-order valence-corrected chi connectivity index (χ2v) is 8.43. The van der Waals surface area contributed by atoms with Crippen LogP contribution < -0.4 is 0 Å². The number of benzene rings is 1. The zero-order valence-electron chi connectivity index (χ0n) is 11.5. The van der Waals surface area contributed by atoms with Gasteiger partial charge in [-0.3, -0.25) is 0 Å². The Kier molecular flexibility index (Phi) is 3.48. The predicted molar refractivity (Wildman–Crippen MR) is 80.8 cm³/mol. The lowest BCUT2D eigenvalue weighted by Gasteiger charge is -2.23. The minimum Gasteiger partial charge on any atom is -0.331 e. The van der Waals surface area contributed by atoms with E-state index < -0.39 is 14.6 Å². The van der Waals surface area contributed by atoms with E-state index >= 15 is 0 Å². The summed E-state index contributed by atoms with van der Waals surface area (Å²) in [7, 11) is -3.23. The average Bonchev–Trinajstić information content (AvgIpc) is 2.63. The second-order valence-electron chi connectivity index (χ2n) is 5.39. The molecule has 20 heavy (non-hydrogen) atoms. The van der Waals surface area contributed by atoms with Gasteiger partial charge in [0.25, 0.3) is 0 Å². The summed E-state index contributed by atoms with van der Waals surface area (Å²) >= 11 is 5.25. The fraction of sp³-hybridized carbons (Fsp3) is 0.385. The first kappa shape index (κ1) is 14.8. The van der Waals surface area contributed by atoms with Gasteiger partial charge < -0.3 is 9.55 Å². The van der Waals surface area contributed by atoms with Crippen LogP contribution in [0.15, 0.2) is 18.2 Å². The summed E-state index contributed by atoms with van der Waals surface area (Å²) in [5.74, 6) is 0. The molecule has 0 radical (unpaired) electrons. The van der Waals surface area contributed by atoms with Gasteiger partial charge in [-0.05, 0) is 44.3 Å². The van der Waals surface area contributed by atoms with E-state index in [-0.39, 0.29) is 6.54 Å². The summed E-state index contributed by atoms with van der Waals surface area (Å²) in [6.45, 7) is 3.56. The largest absolute Gasteiger partial charge is 0.331 e. The zero-order chi connectivity index (χ0) is 15.1. The molecule has 1 aromatic carbocycles. The van der Waals surface area contributed by atoms with Gasteiger partial charge in [0.2, 0.25) is 0 Å². The highest BCUT2D eigenvalue weighted by atomic mass is 32.2. The normalized spacial score (nSPS) is 12.5. The van der Waals surface area contributed by atoms with Crippen LogP contribution in [-0.4, -0.2) is 29.0 Å². The van der Waals surface area contributed by atoms with Gasteiger partial charge in [0.05, 0.1) is 27.4 Å². The highest BCUT2D eigenvalue weighted by molar-refractivity contribution is 7.92. The number of hydrogen-bond acceptors (Lipinski definition) is 4. The molecule has 0 saturated carbocycles. The highest BCUT2D eigenvalue weighted by Gasteiger charge is 2.31. The molecule has 0 spiro atoms. The number of imidazole rings is 1. The maximum Gasteiger partial charge on any atom is 0.178 e. The van der Waals surface area contributed by atoms with Crippen LogP contribution >= 0.6 is 12.2 Å². The molecule has 5 nitrogen and oxygen atoms in total. The standard InChI is InChI=1S/C13H15N3O2S2/c1-13(2,20(3,17)18)8-16-11-6-9(7-14)4-5-10(11)15-12(16)19/h4-6H,8H2,1-3H3,(H,15,19). The van der Waals surface area contributed by atoms with Crippen LogP contribution in [0.4, 0.5) is 0 Å². The molecule has 1 N–H and O–H groups in total. The van der Waals surface area contributed by atoms with E-state index in [4.69, 9.17) is 17.5 Å². The van der Waals surface area contributed by atoms with Crippen LogP contribution in [0.5, 0.6) is 0 Å². The Morgan fingerprint density at radius 2 is 2.10 bits per heavy atom. The summed E-state index contributed by atoms with van der Waals surface area (Å²) in [6.07, 6.45) is 1.21. The first-order valence-corrected chi connectivity index (χ1v) is 8.28. The number of rotatable bonds is 3. The molecule has 106 valence electrons. The van der Waals surface area contributed by atoms with Crippen LogP contribution in [0, 0.1) is 16.1 Å². The third-order valence-electron chi connectivity index (χ3n) is 3.45. The van der Waals surface area contributed by atoms with Crippen LogP contribution in [0.2, 0.25) is 0 Å². The Morgan fingerprint density at radius 1 is 1.45 bits per heavy atom. The van der Waals surface area contributed by atoms with Gasteiger partial charge in [0.1, 0.15) is 0 Å². The number of sulfone groups is 1. The number of nitrogens with one attached hydrogen (secondary N) is 1. The zero-order valence-corrected chi connectivity index (χ0v) is 13.1. The Morgan fingerprint density at radius 3 is 2.65 bits per heavy atom. The van der Waals surface area contributed by atoms with Crippen molar-refractivity contribution in [3.63, 3.8) is 0 Å². The molecule has 0 fully saturated rings. The van der Waals surface area contributed by atoms with E-state index in [0.717, 1.165) is 11.0 Å². The number of nitrogens with zero attached hydrogens (tertiary/aromatic N) is 2. The summed E-state index contributed by atoms with van der Waals surface area (Å²) in [5.41, 5.74) is 2.04. The average molecular weight is 309 g/mol. The van der Waals surface area contributed by atoms with Crippen molar-refractivity contribution in [2.75, 3.05) is 6.26 Å². The lowest BCUT2D eigenvalue weighted by atomic mass is 10.2. The van der Waals surface area contributed by atoms with Crippen molar-refractivity contribution in [3.05, 3.63) is 28.5 Å². The van der Waals surface area contributed by atoms with Gasteiger partial charge in [-0.15, -0.1) is 0 Å². The third-order valence-corrected chi connectivity index (χ3v) is 5.91. The second kappa shape index (κ2) is 4.72. The monoisotopic (exact) mass is 309 g/mol. The third kappa shape index (κ3) is 2.49. The molecule has 0 aliphatic carbocycles. The Labute approximate surface area is 122 Å². The van der Waals surface area contributed by atoms with Crippen molar-refractivity contribution >= 4 is 33.1 Å². The molecule has 1 aromatic heterocycles. The topological polar surface area (TPSA) is 78.7 Å². The van der Waals surface area contributed by atoms with Crippen molar-refractivity contribution in [1.82, 2.24) is 9.55 Å². The highest BCUT2D eigenvalue weighted by Crippen LogP contribution is 2.23. The van der Waals surface area contributed by atoms with Crippen LogP contribution in [0.1, 0.15) is 19.4 Å². The molecule has 0 aliphatic rings. The Balaban J connectivity index is 2.64. The van der Waals surface area contributed by atoms with Crippen molar-refractivity contribution in [2.24, 2.45) is 0 Å². The first-order valence-electron chi connectivity index (χ1n) is 5.98. The maximum atomic E-state index is 11.8. The van der Waals surface area contributed by atoms with Crippen molar-refractivity contribution < 1.29 is 8.42 Å². The molecular weight excluding hydrogens is 294 g/mol. The van der Waals surface area contributed by atoms with Gasteiger partial charge in [-0.25, -0.2) is 8.42 Å². The molecule has 2 aromatic rings. The predicted octanol–water partition coefficient (Wildman–Crippen LogP) is 2.39. The number of aromatic amines is 1.